The Hall–Kier alpha value is -2.36. The zero-order valence-electron chi connectivity index (χ0n) is 11.8. The van der Waals surface area contributed by atoms with Crippen LogP contribution in [0, 0.1) is 5.82 Å². The Balaban J connectivity index is 2.20. The minimum Gasteiger partial charge on any atom is -0.508 e. The molecule has 2 rings (SSSR count). The number of ether oxygens (including phenoxy) is 1. The number of aromatic hydroxyl groups is 1. The molecule has 0 aliphatic rings. The molecule has 0 aliphatic heterocycles. The molecule has 0 fully saturated rings. The Morgan fingerprint density at radius 3 is 2.33 bits per heavy atom. The van der Waals surface area contributed by atoms with Crippen LogP contribution in [0.15, 0.2) is 48.5 Å². The van der Waals surface area contributed by atoms with Crippen molar-refractivity contribution in [2.75, 3.05) is 7.11 Å². The summed E-state index contributed by atoms with van der Waals surface area (Å²) < 4.78 is 17.8. The number of hydrogen-bond acceptors (Lipinski definition) is 3. The lowest BCUT2D eigenvalue weighted by molar-refractivity contribution is -0.141. The molecule has 110 valence electrons. The Morgan fingerprint density at radius 1 is 1.14 bits per heavy atom. The predicted octanol–water partition coefficient (Wildman–Crippen LogP) is 3.42. The van der Waals surface area contributed by atoms with Gasteiger partial charge in [-0.05, 0) is 47.7 Å². The second kappa shape index (κ2) is 6.88. The van der Waals surface area contributed by atoms with Crippen molar-refractivity contribution in [2.24, 2.45) is 0 Å². The van der Waals surface area contributed by atoms with Crippen molar-refractivity contribution < 1.29 is 19.0 Å². The topological polar surface area (TPSA) is 46.5 Å². The van der Waals surface area contributed by atoms with Gasteiger partial charge in [0.1, 0.15) is 11.6 Å². The third kappa shape index (κ3) is 4.31. The van der Waals surface area contributed by atoms with Crippen LogP contribution in [0.4, 0.5) is 4.39 Å². The van der Waals surface area contributed by atoms with Crippen LogP contribution < -0.4 is 0 Å². The van der Waals surface area contributed by atoms with Crippen molar-refractivity contribution in [3.8, 4) is 5.75 Å². The number of carbonyl (C=O) groups is 1. The SMILES string of the molecule is COC(=O)CC(Cc1ccc(O)cc1)c1ccc(F)cc1. The van der Waals surface area contributed by atoms with Gasteiger partial charge >= 0.3 is 5.97 Å². The van der Waals surface area contributed by atoms with E-state index in [9.17, 15) is 14.3 Å². The van der Waals surface area contributed by atoms with E-state index in [1.54, 1.807) is 24.3 Å². The van der Waals surface area contributed by atoms with E-state index < -0.39 is 0 Å². The average molecular weight is 288 g/mol. The molecule has 0 spiro atoms. The molecule has 21 heavy (non-hydrogen) atoms. The summed E-state index contributed by atoms with van der Waals surface area (Å²) in [5.74, 6) is -0.504. The minimum absolute atomic E-state index is 0.0948. The van der Waals surface area contributed by atoms with Gasteiger partial charge in [0, 0.05) is 0 Å². The minimum atomic E-state index is -0.305. The van der Waals surface area contributed by atoms with E-state index in [-0.39, 0.29) is 29.9 Å². The van der Waals surface area contributed by atoms with Gasteiger partial charge in [0.25, 0.3) is 0 Å². The van der Waals surface area contributed by atoms with Crippen molar-refractivity contribution in [3.63, 3.8) is 0 Å². The van der Waals surface area contributed by atoms with Crippen molar-refractivity contribution in [1.29, 1.82) is 0 Å². The van der Waals surface area contributed by atoms with Crippen molar-refractivity contribution in [1.82, 2.24) is 0 Å². The number of carbonyl (C=O) groups excluding carboxylic acids is 1. The monoisotopic (exact) mass is 288 g/mol. The second-order valence-electron chi connectivity index (χ2n) is 4.90. The van der Waals surface area contributed by atoms with E-state index in [0.717, 1.165) is 11.1 Å². The van der Waals surface area contributed by atoms with Crippen LogP contribution in [-0.4, -0.2) is 18.2 Å². The summed E-state index contributed by atoms with van der Waals surface area (Å²) >= 11 is 0. The van der Waals surface area contributed by atoms with Crippen molar-refractivity contribution in [2.45, 2.75) is 18.8 Å². The molecule has 0 saturated carbocycles. The lowest BCUT2D eigenvalue weighted by Crippen LogP contribution is -2.11. The number of phenolic OH excluding ortho intramolecular Hbond substituents is 1. The summed E-state index contributed by atoms with van der Waals surface area (Å²) in [7, 11) is 1.35. The van der Waals surface area contributed by atoms with Gasteiger partial charge in [0.05, 0.1) is 13.5 Å². The van der Waals surface area contributed by atoms with Crippen molar-refractivity contribution in [3.05, 3.63) is 65.5 Å². The van der Waals surface area contributed by atoms with E-state index >= 15 is 0 Å². The van der Waals surface area contributed by atoms with Gasteiger partial charge in [-0.25, -0.2) is 4.39 Å². The van der Waals surface area contributed by atoms with Gasteiger partial charge in [0.15, 0.2) is 0 Å². The molecule has 4 heteroatoms. The van der Waals surface area contributed by atoms with Gasteiger partial charge in [-0.15, -0.1) is 0 Å². The first-order valence-electron chi connectivity index (χ1n) is 6.68. The number of benzene rings is 2. The Kier molecular flexibility index (Phi) is 4.93. The van der Waals surface area contributed by atoms with Gasteiger partial charge in [0.2, 0.25) is 0 Å². The Bertz CT molecular complexity index is 590. The van der Waals surface area contributed by atoms with E-state index in [4.69, 9.17) is 4.74 Å². The first kappa shape index (κ1) is 15.0. The molecule has 2 aromatic carbocycles. The van der Waals surface area contributed by atoms with Gasteiger partial charge < -0.3 is 9.84 Å². The molecular formula is C17H17FO3. The lowest BCUT2D eigenvalue weighted by atomic mass is 9.89. The summed E-state index contributed by atoms with van der Waals surface area (Å²) in [6, 6.07) is 13.0. The number of phenols is 1. The highest BCUT2D eigenvalue weighted by Crippen LogP contribution is 2.26. The van der Waals surface area contributed by atoms with Crippen LogP contribution in [0.3, 0.4) is 0 Å². The summed E-state index contributed by atoms with van der Waals surface area (Å²) in [5.41, 5.74) is 1.88. The molecule has 1 atom stereocenters. The standard InChI is InChI=1S/C17H17FO3/c1-21-17(20)11-14(13-4-6-15(18)7-5-13)10-12-2-8-16(19)9-3-12/h2-9,14,19H,10-11H2,1H3. The van der Waals surface area contributed by atoms with Crippen LogP contribution in [0.25, 0.3) is 0 Å². The number of halogens is 1. The number of methoxy groups -OCH3 is 1. The quantitative estimate of drug-likeness (QED) is 0.857. The predicted molar refractivity (Wildman–Crippen MR) is 77.6 cm³/mol. The number of rotatable bonds is 5. The summed E-state index contributed by atoms with van der Waals surface area (Å²) in [5, 5.41) is 9.31. The molecule has 0 aliphatic carbocycles. The maximum atomic E-state index is 13.0. The summed E-state index contributed by atoms with van der Waals surface area (Å²) in [6.07, 6.45) is 0.837. The van der Waals surface area contributed by atoms with Gasteiger partial charge in [-0.1, -0.05) is 24.3 Å². The van der Waals surface area contributed by atoms with Crippen LogP contribution in [0.1, 0.15) is 23.5 Å². The van der Waals surface area contributed by atoms with Crippen molar-refractivity contribution >= 4 is 5.97 Å². The zero-order valence-corrected chi connectivity index (χ0v) is 11.8. The maximum absolute atomic E-state index is 13.0. The van der Waals surface area contributed by atoms with E-state index in [0.29, 0.717) is 6.42 Å². The molecule has 0 amide bonds. The highest BCUT2D eigenvalue weighted by molar-refractivity contribution is 5.70. The van der Waals surface area contributed by atoms with E-state index in [1.807, 2.05) is 12.1 Å². The molecule has 1 unspecified atom stereocenters. The second-order valence-corrected chi connectivity index (χ2v) is 4.90. The van der Waals surface area contributed by atoms with Gasteiger partial charge in [-0.2, -0.15) is 0 Å². The summed E-state index contributed by atoms with van der Waals surface area (Å²) in [4.78, 5) is 11.6. The first-order valence-corrected chi connectivity index (χ1v) is 6.68. The number of esters is 1. The van der Waals surface area contributed by atoms with Gasteiger partial charge in [-0.3, -0.25) is 4.79 Å². The smallest absolute Gasteiger partial charge is 0.306 e. The normalized spacial score (nSPS) is 11.9. The molecule has 3 nitrogen and oxygen atoms in total. The molecule has 0 saturated heterocycles. The molecule has 0 heterocycles. The molecule has 0 radical (unpaired) electrons. The fraction of sp³-hybridized carbons (Fsp3) is 0.235. The molecule has 0 bridgehead atoms. The maximum Gasteiger partial charge on any atom is 0.306 e. The molecule has 2 aromatic rings. The number of hydrogen-bond donors (Lipinski definition) is 1. The summed E-state index contributed by atoms with van der Waals surface area (Å²) in [6.45, 7) is 0. The van der Waals surface area contributed by atoms with Crippen LogP contribution >= 0.6 is 0 Å². The Morgan fingerprint density at radius 2 is 1.76 bits per heavy atom. The van der Waals surface area contributed by atoms with E-state index in [2.05, 4.69) is 0 Å². The lowest BCUT2D eigenvalue weighted by Gasteiger charge is -2.16. The van der Waals surface area contributed by atoms with Crippen LogP contribution in [-0.2, 0) is 16.0 Å². The van der Waals surface area contributed by atoms with Crippen LogP contribution in [0.2, 0.25) is 0 Å². The molecule has 1 N–H and O–H groups in total. The highest BCUT2D eigenvalue weighted by atomic mass is 19.1. The molecular weight excluding hydrogens is 271 g/mol. The first-order chi connectivity index (χ1) is 10.1. The third-order valence-electron chi connectivity index (χ3n) is 3.40. The fourth-order valence-electron chi connectivity index (χ4n) is 2.24. The highest BCUT2D eigenvalue weighted by Gasteiger charge is 2.17. The Labute approximate surface area is 123 Å². The largest absolute Gasteiger partial charge is 0.508 e. The molecule has 0 aromatic heterocycles. The third-order valence-corrected chi connectivity index (χ3v) is 3.40. The average Bonchev–Trinajstić information content (AvgIpc) is 2.49. The van der Waals surface area contributed by atoms with Crippen LogP contribution in [0.5, 0.6) is 5.75 Å². The fourth-order valence-corrected chi connectivity index (χ4v) is 2.24. The van der Waals surface area contributed by atoms with E-state index in [1.165, 1.54) is 19.2 Å². The zero-order chi connectivity index (χ0) is 15.2.